The maximum absolute atomic E-state index is 12.4. The van der Waals surface area contributed by atoms with Crippen molar-refractivity contribution >= 4 is 27.3 Å². The molecule has 0 unspecified atom stereocenters. The van der Waals surface area contributed by atoms with E-state index in [1.807, 2.05) is 0 Å². The number of nitrogens with zero attached hydrogens (tertiary/aromatic N) is 2. The number of phenols is 1. The van der Waals surface area contributed by atoms with Crippen LogP contribution in [-0.4, -0.2) is 28.8 Å². The Kier molecular flexibility index (Phi) is 3.41. The van der Waals surface area contributed by atoms with Gasteiger partial charge in [0.1, 0.15) is 11.4 Å². The highest BCUT2D eigenvalue weighted by Gasteiger charge is 2.18. The number of aromatic nitrogens is 2. The number of imidazole rings is 1. The summed E-state index contributed by atoms with van der Waals surface area (Å²) in [6.07, 6.45) is 4.83. The molecule has 4 N–H and O–H groups in total. The number of aromatic hydroxyl groups is 1. The van der Waals surface area contributed by atoms with Crippen LogP contribution in [0.15, 0.2) is 53.8 Å². The molecule has 0 atom stereocenters. The van der Waals surface area contributed by atoms with E-state index in [0.717, 1.165) is 12.1 Å². The average molecular weight is 332 g/mol. The second kappa shape index (κ2) is 5.29. The molecule has 8 nitrogen and oxygen atoms in total. The van der Waals surface area contributed by atoms with E-state index in [9.17, 15) is 18.3 Å². The summed E-state index contributed by atoms with van der Waals surface area (Å²) in [5.41, 5.74) is 5.84. The SMILES string of the molecule is NC(=O)c1cc(S(=O)(=O)Nc2ccc3nccn3c2)ccc1O. The van der Waals surface area contributed by atoms with Crippen LogP contribution in [-0.2, 0) is 10.0 Å². The van der Waals surface area contributed by atoms with E-state index in [1.54, 1.807) is 35.1 Å². The number of primary amides is 1. The van der Waals surface area contributed by atoms with Gasteiger partial charge < -0.3 is 15.2 Å². The number of benzene rings is 1. The van der Waals surface area contributed by atoms with E-state index in [4.69, 9.17) is 5.73 Å². The molecule has 23 heavy (non-hydrogen) atoms. The van der Waals surface area contributed by atoms with Crippen molar-refractivity contribution in [3.63, 3.8) is 0 Å². The molecule has 0 aliphatic carbocycles. The van der Waals surface area contributed by atoms with Gasteiger partial charge in [-0.05, 0) is 30.3 Å². The number of pyridine rings is 1. The van der Waals surface area contributed by atoms with Gasteiger partial charge in [-0.2, -0.15) is 0 Å². The van der Waals surface area contributed by atoms with Gasteiger partial charge in [0.15, 0.2) is 0 Å². The van der Waals surface area contributed by atoms with Crippen LogP contribution in [0.2, 0.25) is 0 Å². The molecular formula is C14H12N4O4S. The first kappa shape index (κ1) is 14.9. The van der Waals surface area contributed by atoms with E-state index >= 15 is 0 Å². The third-order valence-corrected chi connectivity index (χ3v) is 4.56. The topological polar surface area (TPSA) is 127 Å². The van der Waals surface area contributed by atoms with Crippen molar-refractivity contribution in [1.29, 1.82) is 0 Å². The van der Waals surface area contributed by atoms with E-state index in [0.29, 0.717) is 11.3 Å². The van der Waals surface area contributed by atoms with E-state index in [-0.39, 0.29) is 16.2 Å². The minimum absolute atomic E-state index is 0.185. The zero-order chi connectivity index (χ0) is 16.6. The van der Waals surface area contributed by atoms with Gasteiger partial charge in [0.25, 0.3) is 15.9 Å². The summed E-state index contributed by atoms with van der Waals surface area (Å²) in [6, 6.07) is 6.53. The van der Waals surface area contributed by atoms with E-state index in [2.05, 4.69) is 9.71 Å². The summed E-state index contributed by atoms with van der Waals surface area (Å²) >= 11 is 0. The van der Waals surface area contributed by atoms with Gasteiger partial charge in [-0.1, -0.05) is 0 Å². The predicted molar refractivity (Wildman–Crippen MR) is 82.6 cm³/mol. The number of carbonyl (C=O) groups excluding carboxylic acids is 1. The Hall–Kier alpha value is -3.07. The fourth-order valence-corrected chi connectivity index (χ4v) is 3.14. The summed E-state index contributed by atoms with van der Waals surface area (Å²) in [4.78, 5) is 15.1. The lowest BCUT2D eigenvalue weighted by Gasteiger charge is -2.10. The molecule has 0 spiro atoms. The van der Waals surface area contributed by atoms with Gasteiger partial charge in [-0.3, -0.25) is 9.52 Å². The lowest BCUT2D eigenvalue weighted by molar-refractivity contribution is 0.0997. The summed E-state index contributed by atoms with van der Waals surface area (Å²) in [7, 11) is -3.94. The number of carbonyl (C=O) groups is 1. The highest BCUT2D eigenvalue weighted by Crippen LogP contribution is 2.23. The van der Waals surface area contributed by atoms with Crippen molar-refractivity contribution in [2.75, 3.05) is 4.72 Å². The molecule has 2 aromatic heterocycles. The van der Waals surface area contributed by atoms with Crippen LogP contribution in [0.5, 0.6) is 5.75 Å². The minimum atomic E-state index is -3.94. The van der Waals surface area contributed by atoms with Crippen LogP contribution in [0.3, 0.4) is 0 Å². The molecule has 1 aromatic carbocycles. The summed E-state index contributed by atoms with van der Waals surface area (Å²) in [5.74, 6) is -1.30. The van der Waals surface area contributed by atoms with Crippen LogP contribution >= 0.6 is 0 Å². The number of fused-ring (bicyclic) bond motifs is 1. The first-order valence-electron chi connectivity index (χ1n) is 6.45. The molecule has 2 heterocycles. The van der Waals surface area contributed by atoms with Gasteiger partial charge in [0, 0.05) is 18.6 Å². The lowest BCUT2D eigenvalue weighted by Crippen LogP contribution is -2.16. The van der Waals surface area contributed by atoms with Crippen molar-refractivity contribution in [3.8, 4) is 5.75 Å². The van der Waals surface area contributed by atoms with Crippen LogP contribution in [0.1, 0.15) is 10.4 Å². The number of nitrogens with two attached hydrogens (primary N) is 1. The molecule has 0 fully saturated rings. The average Bonchev–Trinajstić information content (AvgIpc) is 2.94. The highest BCUT2D eigenvalue weighted by atomic mass is 32.2. The largest absolute Gasteiger partial charge is 0.507 e. The fraction of sp³-hybridized carbons (Fsp3) is 0. The first-order valence-corrected chi connectivity index (χ1v) is 7.93. The van der Waals surface area contributed by atoms with E-state index < -0.39 is 15.9 Å². The molecule has 9 heteroatoms. The maximum atomic E-state index is 12.4. The molecule has 0 aliphatic rings. The summed E-state index contributed by atoms with van der Waals surface area (Å²) < 4.78 is 28.8. The standard InChI is InChI=1S/C14H12N4O4S/c15-14(20)11-7-10(2-3-12(11)19)23(21,22)17-9-1-4-13-16-5-6-18(13)8-9/h1-8,17,19H,(H2,15,20). The van der Waals surface area contributed by atoms with Crippen molar-refractivity contribution < 1.29 is 18.3 Å². The van der Waals surface area contributed by atoms with Gasteiger partial charge in [-0.25, -0.2) is 13.4 Å². The third kappa shape index (κ3) is 2.81. The van der Waals surface area contributed by atoms with Crippen molar-refractivity contribution in [2.24, 2.45) is 5.73 Å². The van der Waals surface area contributed by atoms with E-state index in [1.165, 1.54) is 6.07 Å². The molecular weight excluding hydrogens is 320 g/mol. The predicted octanol–water partition coefficient (Wildman–Crippen LogP) is 0.940. The lowest BCUT2D eigenvalue weighted by atomic mass is 10.2. The molecule has 0 saturated carbocycles. The normalized spacial score (nSPS) is 11.5. The van der Waals surface area contributed by atoms with Gasteiger partial charge in [-0.15, -0.1) is 0 Å². The van der Waals surface area contributed by atoms with Crippen LogP contribution in [0.4, 0.5) is 5.69 Å². The number of sulfonamides is 1. The van der Waals surface area contributed by atoms with Crippen molar-refractivity contribution in [2.45, 2.75) is 4.90 Å². The first-order chi connectivity index (χ1) is 10.9. The zero-order valence-corrected chi connectivity index (χ0v) is 12.5. The Morgan fingerprint density at radius 3 is 2.78 bits per heavy atom. The Labute approximate surface area is 131 Å². The van der Waals surface area contributed by atoms with Gasteiger partial charge >= 0.3 is 0 Å². The molecule has 118 valence electrons. The van der Waals surface area contributed by atoms with Gasteiger partial charge in [0.2, 0.25) is 0 Å². The molecule has 0 aliphatic heterocycles. The second-order valence-corrected chi connectivity index (χ2v) is 6.44. The smallest absolute Gasteiger partial charge is 0.261 e. The highest BCUT2D eigenvalue weighted by molar-refractivity contribution is 7.92. The Morgan fingerprint density at radius 2 is 2.04 bits per heavy atom. The quantitative estimate of drug-likeness (QED) is 0.655. The summed E-state index contributed by atoms with van der Waals surface area (Å²) in [6.45, 7) is 0. The minimum Gasteiger partial charge on any atom is -0.507 e. The van der Waals surface area contributed by atoms with Crippen molar-refractivity contribution in [3.05, 3.63) is 54.5 Å². The third-order valence-electron chi connectivity index (χ3n) is 3.18. The molecule has 3 aromatic rings. The molecule has 0 saturated heterocycles. The molecule has 0 bridgehead atoms. The second-order valence-electron chi connectivity index (χ2n) is 4.76. The molecule has 3 rings (SSSR count). The Balaban J connectivity index is 1.98. The molecule has 0 radical (unpaired) electrons. The number of nitrogens with one attached hydrogen (secondary N) is 1. The Bertz CT molecular complexity index is 1010. The maximum Gasteiger partial charge on any atom is 0.261 e. The number of rotatable bonds is 4. The monoisotopic (exact) mass is 332 g/mol. The van der Waals surface area contributed by atoms with Crippen LogP contribution in [0.25, 0.3) is 5.65 Å². The van der Waals surface area contributed by atoms with Crippen LogP contribution in [0, 0.1) is 0 Å². The Morgan fingerprint density at radius 1 is 1.26 bits per heavy atom. The fourth-order valence-electron chi connectivity index (χ4n) is 2.07. The number of amides is 1. The van der Waals surface area contributed by atoms with Gasteiger partial charge in [0.05, 0.1) is 16.1 Å². The van der Waals surface area contributed by atoms with Crippen molar-refractivity contribution in [1.82, 2.24) is 9.38 Å². The molecule has 1 amide bonds. The summed E-state index contributed by atoms with van der Waals surface area (Å²) in [5, 5.41) is 9.53. The van der Waals surface area contributed by atoms with Crippen LogP contribution < -0.4 is 10.5 Å². The number of hydrogen-bond acceptors (Lipinski definition) is 5. The number of anilines is 1. The number of hydrogen-bond donors (Lipinski definition) is 3. The zero-order valence-electron chi connectivity index (χ0n) is 11.7.